The average Bonchev–Trinajstić information content (AvgIpc) is 2.62. The first-order valence-electron chi connectivity index (χ1n) is 8.95. The lowest BCUT2D eigenvalue weighted by Crippen LogP contribution is -2.54. The lowest BCUT2D eigenvalue weighted by Gasteiger charge is -2.39. The molecule has 1 aliphatic heterocycles. The molecule has 2 nitrogen and oxygen atoms in total. The van der Waals surface area contributed by atoms with Crippen LogP contribution >= 0.6 is 0 Å². The predicted molar refractivity (Wildman–Crippen MR) is 95.5 cm³/mol. The summed E-state index contributed by atoms with van der Waals surface area (Å²) in [4.78, 5) is 2.62. The van der Waals surface area contributed by atoms with Gasteiger partial charge in [-0.15, -0.1) is 0 Å². The molecule has 2 aromatic carbocycles. The van der Waals surface area contributed by atoms with Crippen molar-refractivity contribution < 1.29 is 0 Å². The summed E-state index contributed by atoms with van der Waals surface area (Å²) in [7, 11) is 0. The summed E-state index contributed by atoms with van der Waals surface area (Å²) < 4.78 is 0. The molecule has 1 heterocycles. The summed E-state index contributed by atoms with van der Waals surface area (Å²) >= 11 is 0. The van der Waals surface area contributed by atoms with Crippen LogP contribution in [0.5, 0.6) is 0 Å². The Labute approximate surface area is 139 Å². The molecule has 2 aromatic rings. The predicted octanol–water partition coefficient (Wildman–Crippen LogP) is 3.27. The number of benzene rings is 2. The molecule has 1 saturated heterocycles. The first-order chi connectivity index (χ1) is 11.4. The minimum Gasteiger partial charge on any atom is -0.311 e. The molecule has 120 valence electrons. The SMILES string of the molecule is c1ccc(CN2CCNC(C3CCc4ccccc4C3)C2)cc1. The summed E-state index contributed by atoms with van der Waals surface area (Å²) in [6.07, 6.45) is 3.82. The molecule has 2 aliphatic rings. The van der Waals surface area contributed by atoms with Gasteiger partial charge >= 0.3 is 0 Å². The standard InChI is InChI=1S/C21H26N2/c1-2-6-17(7-3-1)15-23-13-12-22-21(16-23)20-11-10-18-8-4-5-9-19(18)14-20/h1-9,20-22H,10-16H2. The van der Waals surface area contributed by atoms with E-state index in [0.29, 0.717) is 6.04 Å². The number of hydrogen-bond donors (Lipinski definition) is 1. The highest BCUT2D eigenvalue weighted by atomic mass is 15.2. The Morgan fingerprint density at radius 1 is 0.957 bits per heavy atom. The quantitative estimate of drug-likeness (QED) is 0.936. The number of aryl methyl sites for hydroxylation is 1. The van der Waals surface area contributed by atoms with Crippen molar-refractivity contribution in [3.63, 3.8) is 0 Å². The highest BCUT2D eigenvalue weighted by molar-refractivity contribution is 5.30. The minimum absolute atomic E-state index is 0.640. The largest absolute Gasteiger partial charge is 0.311 e. The number of rotatable bonds is 3. The average molecular weight is 306 g/mol. The second-order valence-corrected chi connectivity index (χ2v) is 7.05. The summed E-state index contributed by atoms with van der Waals surface area (Å²) in [5.41, 5.74) is 4.58. The third-order valence-corrected chi connectivity index (χ3v) is 5.49. The maximum Gasteiger partial charge on any atom is 0.0234 e. The van der Waals surface area contributed by atoms with Crippen LogP contribution in [0.15, 0.2) is 54.6 Å². The van der Waals surface area contributed by atoms with Gasteiger partial charge in [0, 0.05) is 32.2 Å². The molecular weight excluding hydrogens is 280 g/mol. The first kappa shape index (κ1) is 14.9. The highest BCUT2D eigenvalue weighted by Gasteiger charge is 2.29. The van der Waals surface area contributed by atoms with Gasteiger partial charge in [0.1, 0.15) is 0 Å². The van der Waals surface area contributed by atoms with Crippen molar-refractivity contribution in [2.75, 3.05) is 19.6 Å². The molecule has 0 spiro atoms. The zero-order valence-electron chi connectivity index (χ0n) is 13.7. The summed E-state index contributed by atoms with van der Waals surface area (Å²) in [6.45, 7) is 4.55. The second-order valence-electron chi connectivity index (χ2n) is 7.05. The molecule has 1 N–H and O–H groups in total. The van der Waals surface area contributed by atoms with E-state index in [4.69, 9.17) is 0 Å². The van der Waals surface area contributed by atoms with Crippen molar-refractivity contribution in [2.45, 2.75) is 31.8 Å². The van der Waals surface area contributed by atoms with Crippen molar-refractivity contribution in [3.8, 4) is 0 Å². The Balaban J connectivity index is 1.40. The minimum atomic E-state index is 0.640. The van der Waals surface area contributed by atoms with E-state index in [1.807, 2.05) is 0 Å². The molecule has 0 bridgehead atoms. The highest BCUT2D eigenvalue weighted by Crippen LogP contribution is 2.28. The van der Waals surface area contributed by atoms with E-state index in [2.05, 4.69) is 64.8 Å². The topological polar surface area (TPSA) is 15.3 Å². The molecule has 0 saturated carbocycles. The summed E-state index contributed by atoms with van der Waals surface area (Å²) in [5.74, 6) is 0.781. The first-order valence-corrected chi connectivity index (χ1v) is 8.95. The molecule has 2 atom stereocenters. The molecular formula is C21H26N2. The van der Waals surface area contributed by atoms with Gasteiger partial charge in [-0.2, -0.15) is 0 Å². The second kappa shape index (κ2) is 6.86. The maximum atomic E-state index is 3.79. The van der Waals surface area contributed by atoms with E-state index in [1.54, 1.807) is 11.1 Å². The van der Waals surface area contributed by atoms with Crippen LogP contribution in [0.1, 0.15) is 23.1 Å². The van der Waals surface area contributed by atoms with Crippen LogP contribution in [0.2, 0.25) is 0 Å². The fourth-order valence-corrected chi connectivity index (χ4v) is 4.21. The molecule has 23 heavy (non-hydrogen) atoms. The van der Waals surface area contributed by atoms with Gasteiger partial charge in [-0.05, 0) is 41.9 Å². The number of nitrogens with zero attached hydrogens (tertiary/aromatic N) is 1. The van der Waals surface area contributed by atoms with E-state index in [9.17, 15) is 0 Å². The normalized spacial score (nSPS) is 25.0. The van der Waals surface area contributed by atoms with Gasteiger partial charge in [0.25, 0.3) is 0 Å². The van der Waals surface area contributed by atoms with Gasteiger partial charge in [-0.25, -0.2) is 0 Å². The van der Waals surface area contributed by atoms with Crippen LogP contribution in [-0.4, -0.2) is 30.6 Å². The van der Waals surface area contributed by atoms with Crippen molar-refractivity contribution in [2.24, 2.45) is 5.92 Å². The molecule has 1 fully saturated rings. The smallest absolute Gasteiger partial charge is 0.0234 e. The molecule has 0 amide bonds. The summed E-state index contributed by atoms with van der Waals surface area (Å²) in [5, 5.41) is 3.79. The molecule has 4 rings (SSSR count). The van der Waals surface area contributed by atoms with Gasteiger partial charge in [0.05, 0.1) is 0 Å². The van der Waals surface area contributed by atoms with Crippen LogP contribution in [0.25, 0.3) is 0 Å². The Morgan fingerprint density at radius 3 is 2.61 bits per heavy atom. The number of nitrogens with one attached hydrogen (secondary N) is 1. The van der Waals surface area contributed by atoms with Crippen LogP contribution in [0.3, 0.4) is 0 Å². The van der Waals surface area contributed by atoms with Gasteiger partial charge in [-0.1, -0.05) is 54.6 Å². The van der Waals surface area contributed by atoms with E-state index < -0.39 is 0 Å². The third-order valence-electron chi connectivity index (χ3n) is 5.49. The van der Waals surface area contributed by atoms with E-state index in [-0.39, 0.29) is 0 Å². The Kier molecular flexibility index (Phi) is 4.45. The van der Waals surface area contributed by atoms with E-state index in [0.717, 1.165) is 25.6 Å². The van der Waals surface area contributed by atoms with Gasteiger partial charge in [0.15, 0.2) is 0 Å². The van der Waals surface area contributed by atoms with Gasteiger partial charge in [-0.3, -0.25) is 4.90 Å². The number of hydrogen-bond acceptors (Lipinski definition) is 2. The molecule has 0 aromatic heterocycles. The monoisotopic (exact) mass is 306 g/mol. The fourth-order valence-electron chi connectivity index (χ4n) is 4.21. The molecule has 2 heteroatoms. The van der Waals surface area contributed by atoms with Crippen LogP contribution in [-0.2, 0) is 19.4 Å². The number of fused-ring (bicyclic) bond motifs is 1. The van der Waals surface area contributed by atoms with Crippen LogP contribution in [0.4, 0.5) is 0 Å². The van der Waals surface area contributed by atoms with Crippen molar-refractivity contribution in [1.29, 1.82) is 0 Å². The maximum absolute atomic E-state index is 3.79. The zero-order chi connectivity index (χ0) is 15.5. The van der Waals surface area contributed by atoms with Gasteiger partial charge < -0.3 is 5.32 Å². The van der Waals surface area contributed by atoms with Crippen molar-refractivity contribution in [3.05, 3.63) is 71.3 Å². The molecule has 2 unspecified atom stereocenters. The Bertz CT molecular complexity index is 637. The van der Waals surface area contributed by atoms with E-state index >= 15 is 0 Å². The molecule has 0 radical (unpaired) electrons. The Hall–Kier alpha value is -1.64. The van der Waals surface area contributed by atoms with E-state index in [1.165, 1.54) is 31.4 Å². The van der Waals surface area contributed by atoms with Crippen molar-refractivity contribution >= 4 is 0 Å². The third kappa shape index (κ3) is 3.49. The fraction of sp³-hybridized carbons (Fsp3) is 0.429. The summed E-state index contributed by atoms with van der Waals surface area (Å²) in [6, 6.07) is 20.5. The Morgan fingerprint density at radius 2 is 1.74 bits per heavy atom. The number of piperazine rings is 1. The van der Waals surface area contributed by atoms with Crippen LogP contribution < -0.4 is 5.32 Å². The lowest BCUT2D eigenvalue weighted by atomic mass is 9.79. The lowest BCUT2D eigenvalue weighted by molar-refractivity contribution is 0.152. The zero-order valence-corrected chi connectivity index (χ0v) is 13.7. The van der Waals surface area contributed by atoms with Crippen LogP contribution in [0, 0.1) is 5.92 Å². The van der Waals surface area contributed by atoms with Gasteiger partial charge in [0.2, 0.25) is 0 Å². The van der Waals surface area contributed by atoms with Crippen molar-refractivity contribution in [1.82, 2.24) is 10.2 Å². The molecule has 1 aliphatic carbocycles.